The van der Waals surface area contributed by atoms with Gasteiger partial charge >= 0.3 is 12.0 Å². The van der Waals surface area contributed by atoms with Crippen LogP contribution in [0.3, 0.4) is 0 Å². The Hall–Kier alpha value is -2.08. The molecular formula is C12H14N2O4. The SMILES string of the molecule is O=C(O)[C@@H](CO)NC(=O)N1Cc2ccccc2C1. The van der Waals surface area contributed by atoms with Crippen LogP contribution in [0.1, 0.15) is 11.1 Å². The number of urea groups is 1. The van der Waals surface area contributed by atoms with E-state index in [1.807, 2.05) is 24.3 Å². The van der Waals surface area contributed by atoms with Crippen LogP contribution in [0, 0.1) is 0 Å². The summed E-state index contributed by atoms with van der Waals surface area (Å²) in [4.78, 5) is 24.0. The molecule has 0 spiro atoms. The van der Waals surface area contributed by atoms with Gasteiger partial charge in [0.1, 0.15) is 0 Å². The molecule has 0 unspecified atom stereocenters. The van der Waals surface area contributed by atoms with Crippen molar-refractivity contribution in [1.82, 2.24) is 10.2 Å². The van der Waals surface area contributed by atoms with Gasteiger partial charge in [-0.1, -0.05) is 24.3 Å². The molecule has 0 saturated carbocycles. The number of aliphatic hydroxyl groups is 1. The van der Waals surface area contributed by atoms with Crippen molar-refractivity contribution in [2.45, 2.75) is 19.1 Å². The Labute approximate surface area is 104 Å². The van der Waals surface area contributed by atoms with Gasteiger partial charge in [0.05, 0.1) is 6.61 Å². The van der Waals surface area contributed by atoms with Gasteiger partial charge in [0.25, 0.3) is 0 Å². The monoisotopic (exact) mass is 250 g/mol. The number of fused-ring (bicyclic) bond motifs is 1. The number of benzene rings is 1. The molecule has 6 heteroatoms. The molecule has 0 aromatic heterocycles. The first-order valence-electron chi connectivity index (χ1n) is 5.57. The van der Waals surface area contributed by atoms with Crippen LogP contribution in [-0.2, 0) is 17.9 Å². The van der Waals surface area contributed by atoms with Crippen LogP contribution in [0.4, 0.5) is 4.79 Å². The molecule has 1 atom stereocenters. The summed E-state index contributed by atoms with van der Waals surface area (Å²) < 4.78 is 0. The van der Waals surface area contributed by atoms with E-state index >= 15 is 0 Å². The average Bonchev–Trinajstić information content (AvgIpc) is 2.79. The number of nitrogens with zero attached hydrogens (tertiary/aromatic N) is 1. The van der Waals surface area contributed by atoms with Gasteiger partial charge in [0.2, 0.25) is 0 Å². The van der Waals surface area contributed by atoms with Crippen LogP contribution in [0.25, 0.3) is 0 Å². The second-order valence-electron chi connectivity index (χ2n) is 4.15. The predicted octanol–water partition coefficient (Wildman–Crippen LogP) is 0.157. The molecular weight excluding hydrogens is 236 g/mol. The summed E-state index contributed by atoms with van der Waals surface area (Å²) in [5.74, 6) is -1.25. The Balaban J connectivity index is 1.99. The highest BCUT2D eigenvalue weighted by Gasteiger charge is 2.26. The number of carbonyl (C=O) groups is 2. The first-order valence-corrected chi connectivity index (χ1v) is 5.57. The van der Waals surface area contributed by atoms with Crippen molar-refractivity contribution in [3.8, 4) is 0 Å². The topological polar surface area (TPSA) is 89.9 Å². The molecule has 1 aliphatic rings. The largest absolute Gasteiger partial charge is 0.480 e. The van der Waals surface area contributed by atoms with Crippen molar-refractivity contribution < 1.29 is 19.8 Å². The lowest BCUT2D eigenvalue weighted by molar-refractivity contribution is -0.140. The van der Waals surface area contributed by atoms with Gasteiger partial charge in [-0.25, -0.2) is 9.59 Å². The Morgan fingerprint density at radius 3 is 2.28 bits per heavy atom. The molecule has 18 heavy (non-hydrogen) atoms. The van der Waals surface area contributed by atoms with E-state index in [1.165, 1.54) is 4.90 Å². The fourth-order valence-corrected chi connectivity index (χ4v) is 1.90. The fraction of sp³-hybridized carbons (Fsp3) is 0.333. The lowest BCUT2D eigenvalue weighted by atomic mass is 10.1. The maximum Gasteiger partial charge on any atom is 0.328 e. The van der Waals surface area contributed by atoms with Crippen LogP contribution in [0.5, 0.6) is 0 Å². The minimum atomic E-state index is -1.26. The van der Waals surface area contributed by atoms with Crippen molar-refractivity contribution in [3.63, 3.8) is 0 Å². The summed E-state index contributed by atoms with van der Waals surface area (Å²) in [7, 11) is 0. The number of hydrogen-bond acceptors (Lipinski definition) is 3. The molecule has 0 radical (unpaired) electrons. The minimum Gasteiger partial charge on any atom is -0.480 e. The molecule has 2 amide bonds. The van der Waals surface area contributed by atoms with E-state index in [2.05, 4.69) is 5.32 Å². The second kappa shape index (κ2) is 5.05. The zero-order valence-corrected chi connectivity index (χ0v) is 9.67. The smallest absolute Gasteiger partial charge is 0.328 e. The van der Waals surface area contributed by atoms with Crippen molar-refractivity contribution in [3.05, 3.63) is 35.4 Å². The fourth-order valence-electron chi connectivity index (χ4n) is 1.90. The van der Waals surface area contributed by atoms with Gasteiger partial charge in [-0.05, 0) is 11.1 Å². The Kier molecular flexibility index (Phi) is 3.47. The van der Waals surface area contributed by atoms with Crippen LogP contribution < -0.4 is 5.32 Å². The molecule has 1 aliphatic heterocycles. The van der Waals surface area contributed by atoms with Gasteiger partial charge in [-0.3, -0.25) is 0 Å². The third-order valence-electron chi connectivity index (χ3n) is 2.91. The van der Waals surface area contributed by atoms with Gasteiger partial charge in [0.15, 0.2) is 6.04 Å². The van der Waals surface area contributed by atoms with E-state index in [1.54, 1.807) is 0 Å². The number of carboxylic acid groups (broad SMARTS) is 1. The zero-order valence-electron chi connectivity index (χ0n) is 9.67. The van der Waals surface area contributed by atoms with Crippen molar-refractivity contribution in [2.24, 2.45) is 0 Å². The summed E-state index contributed by atoms with van der Waals surface area (Å²) in [5.41, 5.74) is 2.12. The van der Waals surface area contributed by atoms with Crippen LogP contribution in [0.15, 0.2) is 24.3 Å². The van der Waals surface area contributed by atoms with Gasteiger partial charge in [-0.15, -0.1) is 0 Å². The first-order chi connectivity index (χ1) is 8.61. The van der Waals surface area contributed by atoms with E-state index in [4.69, 9.17) is 10.2 Å². The Bertz CT molecular complexity index is 450. The maximum atomic E-state index is 11.8. The van der Waals surface area contributed by atoms with Gasteiger partial charge in [0, 0.05) is 13.1 Å². The number of aliphatic hydroxyl groups excluding tert-OH is 1. The Morgan fingerprint density at radius 1 is 1.28 bits per heavy atom. The molecule has 3 N–H and O–H groups in total. The van der Waals surface area contributed by atoms with Crippen LogP contribution in [-0.4, -0.2) is 39.8 Å². The van der Waals surface area contributed by atoms with Crippen molar-refractivity contribution in [1.29, 1.82) is 0 Å². The van der Waals surface area contributed by atoms with E-state index in [9.17, 15) is 9.59 Å². The predicted molar refractivity (Wildman–Crippen MR) is 62.7 cm³/mol. The highest BCUT2D eigenvalue weighted by molar-refractivity contribution is 5.83. The molecule has 96 valence electrons. The highest BCUT2D eigenvalue weighted by Crippen LogP contribution is 2.21. The summed E-state index contributed by atoms with van der Waals surface area (Å²) >= 11 is 0. The van der Waals surface area contributed by atoms with E-state index in [-0.39, 0.29) is 0 Å². The number of hydrogen-bond donors (Lipinski definition) is 3. The van der Waals surface area contributed by atoms with Crippen molar-refractivity contribution >= 4 is 12.0 Å². The molecule has 0 saturated heterocycles. The van der Waals surface area contributed by atoms with Crippen LogP contribution in [0.2, 0.25) is 0 Å². The third-order valence-corrected chi connectivity index (χ3v) is 2.91. The second-order valence-corrected chi connectivity index (χ2v) is 4.15. The number of amides is 2. The molecule has 1 heterocycles. The van der Waals surface area contributed by atoms with E-state index < -0.39 is 24.6 Å². The highest BCUT2D eigenvalue weighted by atomic mass is 16.4. The lowest BCUT2D eigenvalue weighted by Gasteiger charge is -2.19. The third kappa shape index (κ3) is 2.43. The quantitative estimate of drug-likeness (QED) is 0.712. The first kappa shape index (κ1) is 12.4. The zero-order chi connectivity index (χ0) is 13.1. The number of aliphatic carboxylic acids is 1. The molecule has 0 bridgehead atoms. The summed E-state index contributed by atoms with van der Waals surface area (Å²) in [6.45, 7) is 0.293. The average molecular weight is 250 g/mol. The molecule has 0 fully saturated rings. The molecule has 6 nitrogen and oxygen atoms in total. The van der Waals surface area contributed by atoms with E-state index in [0.29, 0.717) is 13.1 Å². The molecule has 1 aromatic carbocycles. The number of rotatable bonds is 3. The molecule has 0 aliphatic carbocycles. The number of carboxylic acids is 1. The summed E-state index contributed by atoms with van der Waals surface area (Å²) in [5, 5.41) is 19.9. The number of carbonyl (C=O) groups excluding carboxylic acids is 1. The molecule has 1 aromatic rings. The van der Waals surface area contributed by atoms with E-state index in [0.717, 1.165) is 11.1 Å². The van der Waals surface area contributed by atoms with Gasteiger partial charge < -0.3 is 20.4 Å². The standard InChI is InChI=1S/C12H14N2O4/c15-7-10(11(16)17)13-12(18)14-5-8-3-1-2-4-9(8)6-14/h1-4,10,15H,5-7H2,(H,13,18)(H,16,17)/t10-/m1/s1. The minimum absolute atomic E-state index is 0.458. The maximum absolute atomic E-state index is 11.8. The number of nitrogens with one attached hydrogen (secondary N) is 1. The lowest BCUT2D eigenvalue weighted by Crippen LogP contribution is -2.48. The van der Waals surface area contributed by atoms with Crippen molar-refractivity contribution in [2.75, 3.05) is 6.61 Å². The molecule has 2 rings (SSSR count). The van der Waals surface area contributed by atoms with Crippen LogP contribution >= 0.6 is 0 Å². The van der Waals surface area contributed by atoms with Gasteiger partial charge in [-0.2, -0.15) is 0 Å². The summed E-state index contributed by atoms with van der Waals surface area (Å²) in [6.07, 6.45) is 0. The summed E-state index contributed by atoms with van der Waals surface area (Å²) in [6, 6.07) is 5.92. The Morgan fingerprint density at radius 2 is 1.83 bits per heavy atom. The normalized spacial score (nSPS) is 15.1.